The molecule has 0 heterocycles. The molecule has 0 aliphatic heterocycles. The van der Waals surface area contributed by atoms with E-state index < -0.39 is 0 Å². The zero-order chi connectivity index (χ0) is 9.40. The van der Waals surface area contributed by atoms with Crippen molar-refractivity contribution in [2.45, 2.75) is 45.3 Å². The Morgan fingerprint density at radius 2 is 2.08 bits per heavy atom. The Kier molecular flexibility index (Phi) is 7.78. The highest BCUT2D eigenvalue weighted by Crippen LogP contribution is 2.21. The van der Waals surface area contributed by atoms with Crippen LogP contribution in [0.4, 0.5) is 0 Å². The van der Waals surface area contributed by atoms with Crippen molar-refractivity contribution in [3.8, 4) is 0 Å². The molecule has 1 unspecified atom stereocenters. The Hall–Kier alpha value is 0.0900. The van der Waals surface area contributed by atoms with E-state index in [0.29, 0.717) is 0 Å². The topological polar surface area (TPSA) is 0 Å². The van der Waals surface area contributed by atoms with Crippen molar-refractivity contribution in [3.63, 3.8) is 0 Å². The molecule has 0 aromatic carbocycles. The Bertz CT molecular complexity index is 114. The molecule has 0 nitrogen and oxygen atoms in total. The van der Waals surface area contributed by atoms with E-state index in [1.54, 1.807) is 0 Å². The Balaban J connectivity index is 3.58. The van der Waals surface area contributed by atoms with E-state index in [1.807, 2.05) is 11.8 Å². The molecule has 0 spiro atoms. The number of allylic oxidation sites excluding steroid dienone is 2. The first kappa shape index (κ1) is 12.1. The Morgan fingerprint density at radius 1 is 1.42 bits per heavy atom. The van der Waals surface area contributed by atoms with Crippen LogP contribution >= 0.6 is 11.8 Å². The average Bonchev–Trinajstić information content (AvgIpc) is 2.10. The first-order valence-electron chi connectivity index (χ1n) is 4.88. The first-order valence-corrected chi connectivity index (χ1v) is 6.17. The molecular weight excluding hydrogens is 164 g/mol. The largest absolute Gasteiger partial charge is 0.162 e. The summed E-state index contributed by atoms with van der Waals surface area (Å²) in [5.74, 6) is 0.846. The number of rotatable bonds is 6. The third-order valence-corrected chi connectivity index (χ3v) is 3.42. The molecule has 0 bridgehead atoms. The van der Waals surface area contributed by atoms with Gasteiger partial charge in [0.05, 0.1) is 0 Å². The summed E-state index contributed by atoms with van der Waals surface area (Å²) >= 11 is 2.01. The van der Waals surface area contributed by atoms with Gasteiger partial charge in [0.1, 0.15) is 0 Å². The maximum atomic E-state index is 2.35. The fourth-order valence-corrected chi connectivity index (χ4v) is 2.20. The van der Waals surface area contributed by atoms with Crippen molar-refractivity contribution in [1.29, 1.82) is 0 Å². The minimum atomic E-state index is 0.846. The standard InChI is InChI=1S/C11H22S/c1-5-7-8-10(3)9-11(6-2)12-4/h5,7,10-11H,6,8-9H2,1-4H3/b7-5-/t10?,11-/m0/s1. The summed E-state index contributed by atoms with van der Waals surface area (Å²) in [6.07, 6.45) is 10.6. The van der Waals surface area contributed by atoms with Crippen molar-refractivity contribution < 1.29 is 0 Å². The molecular formula is C11H22S. The number of hydrogen-bond acceptors (Lipinski definition) is 1. The minimum Gasteiger partial charge on any atom is -0.162 e. The van der Waals surface area contributed by atoms with E-state index in [-0.39, 0.29) is 0 Å². The molecule has 72 valence electrons. The first-order chi connectivity index (χ1) is 5.74. The van der Waals surface area contributed by atoms with Gasteiger partial charge in [-0.1, -0.05) is 26.0 Å². The molecule has 0 saturated carbocycles. The van der Waals surface area contributed by atoms with Crippen molar-refractivity contribution in [2.75, 3.05) is 6.26 Å². The summed E-state index contributed by atoms with van der Waals surface area (Å²) in [5, 5.41) is 0.866. The number of hydrogen-bond donors (Lipinski definition) is 0. The van der Waals surface area contributed by atoms with Crippen LogP contribution in [0.1, 0.15) is 40.0 Å². The summed E-state index contributed by atoms with van der Waals surface area (Å²) in [4.78, 5) is 0. The van der Waals surface area contributed by atoms with Gasteiger partial charge in [-0.3, -0.25) is 0 Å². The SMILES string of the molecule is C/C=C\CC(C)C[C@H](CC)SC. The third kappa shape index (κ3) is 5.70. The molecule has 0 amide bonds. The summed E-state index contributed by atoms with van der Waals surface area (Å²) < 4.78 is 0. The lowest BCUT2D eigenvalue weighted by atomic mass is 10.0. The molecule has 0 aliphatic carbocycles. The average molecular weight is 186 g/mol. The smallest absolute Gasteiger partial charge is 0.00443 e. The van der Waals surface area contributed by atoms with Gasteiger partial charge < -0.3 is 0 Å². The van der Waals surface area contributed by atoms with Gasteiger partial charge in [-0.25, -0.2) is 0 Å². The van der Waals surface area contributed by atoms with Crippen LogP contribution in [0, 0.1) is 5.92 Å². The van der Waals surface area contributed by atoms with Crippen molar-refractivity contribution in [2.24, 2.45) is 5.92 Å². The van der Waals surface area contributed by atoms with Crippen LogP contribution in [-0.4, -0.2) is 11.5 Å². The maximum Gasteiger partial charge on any atom is 0.00443 e. The van der Waals surface area contributed by atoms with Crippen molar-refractivity contribution in [1.82, 2.24) is 0 Å². The van der Waals surface area contributed by atoms with E-state index in [2.05, 4.69) is 39.2 Å². The molecule has 0 rings (SSSR count). The predicted molar refractivity (Wildman–Crippen MR) is 60.8 cm³/mol. The fraction of sp³-hybridized carbons (Fsp3) is 0.818. The molecule has 0 saturated heterocycles. The minimum absolute atomic E-state index is 0.846. The molecule has 0 aromatic rings. The summed E-state index contributed by atoms with van der Waals surface area (Å²) in [7, 11) is 0. The Labute approximate surface area is 81.8 Å². The lowest BCUT2D eigenvalue weighted by molar-refractivity contribution is 0.521. The van der Waals surface area contributed by atoms with E-state index in [4.69, 9.17) is 0 Å². The zero-order valence-corrected chi connectivity index (χ0v) is 9.66. The van der Waals surface area contributed by atoms with Gasteiger partial charge in [0.25, 0.3) is 0 Å². The molecule has 0 N–H and O–H groups in total. The Morgan fingerprint density at radius 3 is 2.50 bits per heavy atom. The molecule has 12 heavy (non-hydrogen) atoms. The third-order valence-electron chi connectivity index (χ3n) is 2.23. The van der Waals surface area contributed by atoms with Gasteiger partial charge in [0, 0.05) is 5.25 Å². The molecule has 0 fully saturated rings. The van der Waals surface area contributed by atoms with Crippen LogP contribution in [-0.2, 0) is 0 Å². The maximum absolute atomic E-state index is 2.35. The van der Waals surface area contributed by atoms with Gasteiger partial charge in [-0.15, -0.1) is 0 Å². The highest BCUT2D eigenvalue weighted by molar-refractivity contribution is 7.99. The van der Waals surface area contributed by atoms with E-state index >= 15 is 0 Å². The van der Waals surface area contributed by atoms with Gasteiger partial charge in [-0.2, -0.15) is 11.8 Å². The van der Waals surface area contributed by atoms with Gasteiger partial charge in [0.15, 0.2) is 0 Å². The normalized spacial score (nSPS) is 16.7. The summed E-state index contributed by atoms with van der Waals surface area (Å²) in [6.45, 7) is 6.72. The highest BCUT2D eigenvalue weighted by atomic mass is 32.2. The quantitative estimate of drug-likeness (QED) is 0.562. The zero-order valence-electron chi connectivity index (χ0n) is 8.84. The molecule has 2 atom stereocenters. The van der Waals surface area contributed by atoms with Crippen LogP contribution in [0.3, 0.4) is 0 Å². The van der Waals surface area contributed by atoms with Gasteiger partial charge >= 0.3 is 0 Å². The van der Waals surface area contributed by atoms with Gasteiger partial charge in [0.2, 0.25) is 0 Å². The van der Waals surface area contributed by atoms with E-state index in [9.17, 15) is 0 Å². The van der Waals surface area contributed by atoms with Crippen molar-refractivity contribution >= 4 is 11.8 Å². The van der Waals surface area contributed by atoms with Crippen LogP contribution in [0.5, 0.6) is 0 Å². The van der Waals surface area contributed by atoms with Gasteiger partial charge in [-0.05, 0) is 38.4 Å². The van der Waals surface area contributed by atoms with E-state index in [1.165, 1.54) is 19.3 Å². The van der Waals surface area contributed by atoms with Crippen LogP contribution in [0.25, 0.3) is 0 Å². The second kappa shape index (κ2) is 7.72. The molecule has 0 aliphatic rings. The summed E-state index contributed by atoms with van der Waals surface area (Å²) in [5.41, 5.74) is 0. The predicted octanol–water partition coefficient (Wildman–Crippen LogP) is 4.12. The van der Waals surface area contributed by atoms with Crippen LogP contribution in [0.2, 0.25) is 0 Å². The lowest BCUT2D eigenvalue weighted by Gasteiger charge is -2.16. The second-order valence-electron chi connectivity index (χ2n) is 3.41. The van der Waals surface area contributed by atoms with Crippen LogP contribution < -0.4 is 0 Å². The van der Waals surface area contributed by atoms with E-state index in [0.717, 1.165) is 11.2 Å². The molecule has 0 radical (unpaired) electrons. The fourth-order valence-electron chi connectivity index (χ4n) is 1.34. The van der Waals surface area contributed by atoms with Crippen molar-refractivity contribution in [3.05, 3.63) is 12.2 Å². The molecule has 1 heteroatoms. The monoisotopic (exact) mass is 186 g/mol. The van der Waals surface area contributed by atoms with Crippen LogP contribution in [0.15, 0.2) is 12.2 Å². The molecule has 0 aromatic heterocycles. The summed E-state index contributed by atoms with van der Waals surface area (Å²) in [6, 6.07) is 0. The number of thioether (sulfide) groups is 1. The second-order valence-corrected chi connectivity index (χ2v) is 4.55. The highest BCUT2D eigenvalue weighted by Gasteiger charge is 2.08. The lowest BCUT2D eigenvalue weighted by Crippen LogP contribution is -2.06.